The zero-order chi connectivity index (χ0) is 13.8. The van der Waals surface area contributed by atoms with Crippen molar-refractivity contribution in [1.29, 1.82) is 0 Å². The summed E-state index contributed by atoms with van der Waals surface area (Å²) in [5.74, 6) is -0.840. The van der Waals surface area contributed by atoms with Gasteiger partial charge in [0, 0.05) is 0 Å². The summed E-state index contributed by atoms with van der Waals surface area (Å²) in [4.78, 5) is 23.2. The summed E-state index contributed by atoms with van der Waals surface area (Å²) < 4.78 is 6.40. The lowest BCUT2D eigenvalue weighted by molar-refractivity contribution is -0.158. The van der Waals surface area contributed by atoms with E-state index in [0.29, 0.717) is 0 Å². The van der Waals surface area contributed by atoms with Crippen LogP contribution < -0.4 is 5.32 Å². The first-order valence-corrected chi connectivity index (χ1v) is 5.51. The van der Waals surface area contributed by atoms with E-state index in [2.05, 4.69) is 20.8 Å². The predicted octanol–water partition coefficient (Wildman–Crippen LogP) is -0.481. The molecule has 1 heterocycles. The number of nitrogens with one attached hydrogen (secondary N) is 1. The fourth-order valence-corrected chi connectivity index (χ4v) is 1.14. The minimum absolute atomic E-state index is 0.0415. The summed E-state index contributed by atoms with van der Waals surface area (Å²) in [5, 5.41) is 12.9. The van der Waals surface area contributed by atoms with E-state index in [-0.39, 0.29) is 12.5 Å². The third-order valence-electron chi connectivity index (χ3n) is 1.83. The monoisotopic (exact) mass is 255 g/mol. The fourth-order valence-electron chi connectivity index (χ4n) is 1.14. The topological polar surface area (TPSA) is 99.0 Å². The van der Waals surface area contributed by atoms with Gasteiger partial charge in [0.05, 0.1) is 0 Å². The molecule has 1 aromatic heterocycles. The van der Waals surface area contributed by atoms with E-state index in [9.17, 15) is 9.59 Å². The number of carbonyl (C=O) groups excluding carboxylic acids is 2. The summed E-state index contributed by atoms with van der Waals surface area (Å²) in [7, 11) is 0. The second-order valence-electron chi connectivity index (χ2n) is 4.83. The van der Waals surface area contributed by atoms with Crippen molar-refractivity contribution >= 4 is 11.9 Å². The smallest absolute Gasteiger partial charge is 0.328 e. The highest BCUT2D eigenvalue weighted by Gasteiger charge is 2.22. The van der Waals surface area contributed by atoms with Crippen LogP contribution in [-0.2, 0) is 20.9 Å². The fraction of sp³-hybridized carbons (Fsp3) is 0.700. The Kier molecular flexibility index (Phi) is 4.35. The summed E-state index contributed by atoms with van der Waals surface area (Å²) in [6.45, 7) is 6.81. The van der Waals surface area contributed by atoms with E-state index in [1.807, 2.05) is 0 Å². The van der Waals surface area contributed by atoms with Crippen molar-refractivity contribution in [2.24, 2.45) is 0 Å². The van der Waals surface area contributed by atoms with E-state index in [0.717, 1.165) is 0 Å². The molecule has 1 atom stereocenters. The van der Waals surface area contributed by atoms with Crippen molar-refractivity contribution in [2.45, 2.75) is 45.9 Å². The third kappa shape index (κ3) is 4.89. The zero-order valence-corrected chi connectivity index (χ0v) is 10.9. The number of amides is 1. The molecule has 0 spiro atoms. The molecule has 1 N–H and O–H groups in total. The Hall–Kier alpha value is -1.99. The molecule has 0 bridgehead atoms. The minimum atomic E-state index is -0.715. The number of rotatable bonds is 4. The Bertz CT molecular complexity index is 410. The second-order valence-corrected chi connectivity index (χ2v) is 4.83. The van der Waals surface area contributed by atoms with Gasteiger partial charge in [-0.1, -0.05) is 0 Å². The molecule has 1 rings (SSSR count). The number of tetrazole rings is 1. The average molecular weight is 255 g/mol. The standard InChI is InChI=1S/C10H17N5O3/c1-7(9(17)18-10(2,3)4)12-8(16)5-15-6-11-13-14-15/h6-7H,5H2,1-4H3,(H,12,16)/t7-/m1/s1. The van der Waals surface area contributed by atoms with Gasteiger partial charge < -0.3 is 10.1 Å². The number of ether oxygens (including phenoxy) is 1. The number of aromatic nitrogens is 4. The molecule has 8 nitrogen and oxygen atoms in total. The largest absolute Gasteiger partial charge is 0.458 e. The van der Waals surface area contributed by atoms with Crippen molar-refractivity contribution in [3.8, 4) is 0 Å². The molecule has 1 aromatic rings. The Morgan fingerprint density at radius 2 is 2.11 bits per heavy atom. The van der Waals surface area contributed by atoms with E-state index >= 15 is 0 Å². The lowest BCUT2D eigenvalue weighted by Crippen LogP contribution is -2.43. The van der Waals surface area contributed by atoms with Gasteiger partial charge in [-0.05, 0) is 38.1 Å². The Morgan fingerprint density at radius 3 is 2.61 bits per heavy atom. The Balaban J connectivity index is 2.42. The van der Waals surface area contributed by atoms with Crippen molar-refractivity contribution < 1.29 is 14.3 Å². The molecule has 0 aromatic carbocycles. The number of carbonyl (C=O) groups is 2. The highest BCUT2D eigenvalue weighted by Crippen LogP contribution is 2.08. The van der Waals surface area contributed by atoms with Crippen molar-refractivity contribution in [1.82, 2.24) is 25.5 Å². The molecular weight excluding hydrogens is 238 g/mol. The summed E-state index contributed by atoms with van der Waals surface area (Å²) in [6, 6.07) is -0.715. The van der Waals surface area contributed by atoms with Crippen LogP contribution in [0.25, 0.3) is 0 Å². The van der Waals surface area contributed by atoms with E-state index in [1.165, 1.54) is 11.0 Å². The zero-order valence-electron chi connectivity index (χ0n) is 10.9. The molecule has 0 aliphatic rings. The van der Waals surface area contributed by atoms with Gasteiger partial charge in [-0.25, -0.2) is 9.48 Å². The number of hydrogen-bond donors (Lipinski definition) is 1. The molecule has 0 fully saturated rings. The van der Waals surface area contributed by atoms with Crippen molar-refractivity contribution in [3.63, 3.8) is 0 Å². The van der Waals surface area contributed by atoms with Gasteiger partial charge in [-0.3, -0.25) is 4.79 Å². The van der Waals surface area contributed by atoms with E-state index in [4.69, 9.17) is 4.74 Å². The predicted molar refractivity (Wildman–Crippen MR) is 61.3 cm³/mol. The maximum absolute atomic E-state index is 11.6. The van der Waals surface area contributed by atoms with Crippen LogP contribution in [0.2, 0.25) is 0 Å². The second kappa shape index (κ2) is 5.56. The van der Waals surface area contributed by atoms with Crippen molar-refractivity contribution in [2.75, 3.05) is 0 Å². The maximum Gasteiger partial charge on any atom is 0.328 e. The van der Waals surface area contributed by atoms with Gasteiger partial charge in [0.2, 0.25) is 5.91 Å². The van der Waals surface area contributed by atoms with Crippen LogP contribution in [0.4, 0.5) is 0 Å². The third-order valence-corrected chi connectivity index (χ3v) is 1.83. The summed E-state index contributed by atoms with van der Waals surface area (Å²) >= 11 is 0. The number of esters is 1. The van der Waals surface area contributed by atoms with E-state index in [1.54, 1.807) is 27.7 Å². The molecule has 0 unspecified atom stereocenters. The normalized spacial score (nSPS) is 12.9. The molecule has 1 amide bonds. The number of nitrogens with zero attached hydrogens (tertiary/aromatic N) is 4. The first kappa shape index (κ1) is 14.1. The quantitative estimate of drug-likeness (QED) is 0.729. The van der Waals surface area contributed by atoms with Gasteiger partial charge in [-0.2, -0.15) is 0 Å². The average Bonchev–Trinajstić information content (AvgIpc) is 2.67. The summed E-state index contributed by atoms with van der Waals surface area (Å²) in [6.07, 6.45) is 1.32. The first-order chi connectivity index (χ1) is 8.28. The Morgan fingerprint density at radius 1 is 1.44 bits per heavy atom. The highest BCUT2D eigenvalue weighted by atomic mass is 16.6. The minimum Gasteiger partial charge on any atom is -0.458 e. The lowest BCUT2D eigenvalue weighted by Gasteiger charge is -2.22. The van der Waals surface area contributed by atoms with Crippen LogP contribution in [0.3, 0.4) is 0 Å². The Labute approximate surface area is 105 Å². The molecule has 0 aliphatic carbocycles. The van der Waals surface area contributed by atoms with Crippen LogP contribution in [0.15, 0.2) is 6.33 Å². The van der Waals surface area contributed by atoms with Gasteiger partial charge in [0.1, 0.15) is 24.5 Å². The van der Waals surface area contributed by atoms with Crippen LogP contribution in [0, 0.1) is 0 Å². The molecular formula is C10H17N5O3. The van der Waals surface area contributed by atoms with Crippen LogP contribution in [-0.4, -0.2) is 43.7 Å². The molecule has 0 radical (unpaired) electrons. The first-order valence-electron chi connectivity index (χ1n) is 5.51. The lowest BCUT2D eigenvalue weighted by atomic mass is 10.2. The van der Waals surface area contributed by atoms with Crippen molar-refractivity contribution in [3.05, 3.63) is 6.33 Å². The SMILES string of the molecule is C[C@@H](NC(=O)Cn1cnnn1)C(=O)OC(C)(C)C. The van der Waals surface area contributed by atoms with Crippen LogP contribution in [0.1, 0.15) is 27.7 Å². The van der Waals surface area contributed by atoms with Gasteiger partial charge >= 0.3 is 5.97 Å². The van der Waals surface area contributed by atoms with Gasteiger partial charge in [0.15, 0.2) is 0 Å². The maximum atomic E-state index is 11.6. The molecule has 0 saturated carbocycles. The number of hydrogen-bond acceptors (Lipinski definition) is 6. The van der Waals surface area contributed by atoms with E-state index < -0.39 is 17.6 Å². The molecule has 18 heavy (non-hydrogen) atoms. The molecule has 0 saturated heterocycles. The van der Waals surface area contributed by atoms with Crippen LogP contribution in [0.5, 0.6) is 0 Å². The summed E-state index contributed by atoms with van der Waals surface area (Å²) in [5.41, 5.74) is -0.577. The van der Waals surface area contributed by atoms with Gasteiger partial charge in [-0.15, -0.1) is 5.10 Å². The van der Waals surface area contributed by atoms with Gasteiger partial charge in [0.25, 0.3) is 0 Å². The molecule has 100 valence electrons. The molecule has 8 heteroatoms. The van der Waals surface area contributed by atoms with Crippen LogP contribution >= 0.6 is 0 Å². The highest BCUT2D eigenvalue weighted by molar-refractivity contribution is 5.84. The molecule has 0 aliphatic heterocycles.